The van der Waals surface area contributed by atoms with Gasteiger partial charge in [0.15, 0.2) is 15.1 Å². The van der Waals surface area contributed by atoms with Crippen molar-refractivity contribution in [1.29, 1.82) is 0 Å². The van der Waals surface area contributed by atoms with Gasteiger partial charge in [-0.2, -0.15) is 8.42 Å². The van der Waals surface area contributed by atoms with E-state index in [1.165, 1.54) is 0 Å². The van der Waals surface area contributed by atoms with Crippen LogP contribution in [0.4, 0.5) is 0 Å². The van der Waals surface area contributed by atoms with Crippen LogP contribution in [0, 0.1) is 6.92 Å². The summed E-state index contributed by atoms with van der Waals surface area (Å²) in [6, 6.07) is 10.5. The van der Waals surface area contributed by atoms with E-state index in [4.69, 9.17) is 22.5 Å². The fourth-order valence-electron chi connectivity index (χ4n) is 3.32. The Hall–Kier alpha value is -1.70. The minimum Gasteiger partial charge on any atom is -0.543 e. The highest BCUT2D eigenvalue weighted by Gasteiger charge is 2.40. The zero-order valence-corrected chi connectivity index (χ0v) is 29.4. The average molecular weight is 611 g/mol. The van der Waals surface area contributed by atoms with Crippen molar-refractivity contribution < 1.29 is 30.9 Å². The van der Waals surface area contributed by atoms with Gasteiger partial charge in [0.05, 0.1) is 18.1 Å². The van der Waals surface area contributed by atoms with Gasteiger partial charge in [-0.15, -0.1) is 0 Å². The van der Waals surface area contributed by atoms with Gasteiger partial charge in [0, 0.05) is 18.7 Å². The molecule has 0 aromatic heterocycles. The molecule has 2 aromatic rings. The summed E-state index contributed by atoms with van der Waals surface area (Å²) < 4.78 is 55.7. The van der Waals surface area contributed by atoms with Crippen molar-refractivity contribution in [2.45, 2.75) is 103 Å². The lowest BCUT2D eigenvalue weighted by atomic mass is 10.0. The highest BCUT2D eigenvalue weighted by molar-refractivity contribution is 7.86. The molecule has 0 radical (unpaired) electrons. The number of hydrogen-bond acceptors (Lipinski definition) is 7. The van der Waals surface area contributed by atoms with Crippen molar-refractivity contribution in [3.63, 3.8) is 0 Å². The molecule has 0 aliphatic rings. The van der Waals surface area contributed by atoms with E-state index >= 15 is 0 Å². The second-order valence-electron chi connectivity index (χ2n) is 13.4. The van der Waals surface area contributed by atoms with Gasteiger partial charge in [-0.05, 0) is 73.4 Å². The third-order valence-electron chi connectivity index (χ3n) is 8.09. The highest BCUT2D eigenvalue weighted by Crippen LogP contribution is 2.41. The van der Waals surface area contributed by atoms with Crippen LogP contribution < -0.4 is 9.16 Å². The van der Waals surface area contributed by atoms with Crippen molar-refractivity contribution in [3.8, 4) is 11.5 Å². The molecule has 0 saturated carbocycles. The summed E-state index contributed by atoms with van der Waals surface area (Å²) in [6.07, 6.45) is 0.333. The first kappa shape index (κ1) is 34.5. The molecule has 0 N–H and O–H groups in total. The summed E-state index contributed by atoms with van der Waals surface area (Å²) in [5.41, 5.74) is 2.69. The van der Waals surface area contributed by atoms with Crippen molar-refractivity contribution in [1.82, 2.24) is 0 Å². The van der Waals surface area contributed by atoms with Crippen LogP contribution in [0.3, 0.4) is 0 Å². The van der Waals surface area contributed by atoms with Crippen LogP contribution in [0.15, 0.2) is 41.3 Å². The lowest BCUT2D eigenvalue weighted by molar-refractivity contribution is 0.0494. The molecule has 0 spiro atoms. The Morgan fingerprint density at radius 1 is 0.850 bits per heavy atom. The van der Waals surface area contributed by atoms with E-state index in [9.17, 15) is 8.42 Å². The first-order valence-electron chi connectivity index (χ1n) is 13.8. The molecule has 2 rings (SSSR count). The van der Waals surface area contributed by atoms with Gasteiger partial charge in [-0.25, -0.2) is 0 Å². The maximum atomic E-state index is 12.9. The molecule has 226 valence electrons. The Balaban J connectivity index is 2.48. The number of rotatable bonds is 13. The molecule has 0 bridgehead atoms. The Bertz CT molecular complexity index is 1230. The minimum absolute atomic E-state index is 0.00391. The zero-order chi connectivity index (χ0) is 30.6. The van der Waals surface area contributed by atoms with Crippen LogP contribution >= 0.6 is 0 Å². The fraction of sp³-hybridized carbons (Fsp3) is 0.600. The molecule has 0 unspecified atom stereocenters. The number of aryl methyl sites for hydroxylation is 1. The van der Waals surface area contributed by atoms with Gasteiger partial charge in [0.2, 0.25) is 8.32 Å². The van der Waals surface area contributed by atoms with Crippen LogP contribution in [0.2, 0.25) is 36.3 Å². The van der Waals surface area contributed by atoms with E-state index in [1.807, 2.05) is 19.1 Å². The van der Waals surface area contributed by atoms with E-state index in [0.717, 1.165) is 16.7 Å². The van der Waals surface area contributed by atoms with Gasteiger partial charge in [0.1, 0.15) is 11.5 Å². The van der Waals surface area contributed by atoms with Crippen molar-refractivity contribution in [2.75, 3.05) is 20.5 Å². The monoisotopic (exact) mass is 610 g/mol. The molecule has 0 aliphatic heterocycles. The topological polar surface area (TPSA) is 80.3 Å². The van der Waals surface area contributed by atoms with Crippen molar-refractivity contribution in [2.24, 2.45) is 0 Å². The Kier molecular flexibility index (Phi) is 11.3. The highest BCUT2D eigenvalue weighted by atomic mass is 32.2. The summed E-state index contributed by atoms with van der Waals surface area (Å²) in [4.78, 5) is 0.138. The van der Waals surface area contributed by atoms with E-state index in [2.05, 4.69) is 67.7 Å². The summed E-state index contributed by atoms with van der Waals surface area (Å²) in [5.74, 6) is 1.29. The summed E-state index contributed by atoms with van der Waals surface area (Å²) in [6.45, 7) is 24.2. The molecular formula is C30H50O7SSi2. The maximum Gasteiger partial charge on any atom is 0.296 e. The molecule has 0 saturated heterocycles. The molecule has 0 amide bonds. The van der Waals surface area contributed by atoms with E-state index < -0.39 is 26.8 Å². The summed E-state index contributed by atoms with van der Waals surface area (Å²) in [7, 11) is -6.57. The number of benzene rings is 2. The predicted octanol–water partition coefficient (Wildman–Crippen LogP) is 7.83. The lowest BCUT2D eigenvalue weighted by Gasteiger charge is -2.37. The molecule has 10 heteroatoms. The second kappa shape index (κ2) is 13.1. The molecule has 7 nitrogen and oxygen atoms in total. The number of methoxy groups -OCH3 is 1. The maximum absolute atomic E-state index is 12.9. The average Bonchev–Trinajstić information content (AvgIpc) is 2.80. The summed E-state index contributed by atoms with van der Waals surface area (Å²) >= 11 is 0. The van der Waals surface area contributed by atoms with E-state index in [1.54, 1.807) is 31.4 Å². The fourth-order valence-corrected chi connectivity index (χ4v) is 6.18. The van der Waals surface area contributed by atoms with Crippen molar-refractivity contribution >= 4 is 26.8 Å². The van der Waals surface area contributed by atoms with Crippen LogP contribution in [0.25, 0.3) is 0 Å². The summed E-state index contributed by atoms with van der Waals surface area (Å²) in [5, 5.41) is 0.0212. The Morgan fingerprint density at radius 3 is 1.95 bits per heavy atom. The van der Waals surface area contributed by atoms with Gasteiger partial charge in [-0.3, -0.25) is 4.18 Å². The van der Waals surface area contributed by atoms with Crippen molar-refractivity contribution in [3.05, 3.63) is 53.1 Å². The Morgan fingerprint density at radius 2 is 1.43 bits per heavy atom. The van der Waals surface area contributed by atoms with E-state index in [0.29, 0.717) is 24.5 Å². The lowest BCUT2D eigenvalue weighted by Crippen LogP contribution is -2.43. The van der Waals surface area contributed by atoms with Crippen LogP contribution in [-0.2, 0) is 36.5 Å². The standard InChI is InChI=1S/C30H50O7SSi2/c1-23-13-15-26(16-14-23)38(31,32)35-18-17-24-19-25(37-40(11,12)30(5,6)7)20-28(34-22-33-8)27(24)21-36-39(9,10)29(2,3)4/h13-16,19-20H,17-18,21-22H2,1-12H3. The first-order chi connectivity index (χ1) is 18.2. The second-order valence-corrected chi connectivity index (χ2v) is 24.5. The van der Waals surface area contributed by atoms with E-state index in [-0.39, 0.29) is 28.4 Å². The predicted molar refractivity (Wildman–Crippen MR) is 167 cm³/mol. The molecule has 0 heterocycles. The molecule has 0 fully saturated rings. The zero-order valence-electron chi connectivity index (χ0n) is 26.6. The third-order valence-corrected chi connectivity index (χ3v) is 18.3. The SMILES string of the molecule is COCOc1cc(O[Si](C)(C)C(C)(C)C)cc(CCOS(=O)(=O)c2ccc(C)cc2)c1CO[Si](C)(C)C(C)(C)C. The quantitative estimate of drug-likeness (QED) is 0.130. The minimum atomic E-state index is -3.90. The Labute approximate surface area is 244 Å². The number of ether oxygens (including phenoxy) is 2. The third kappa shape index (κ3) is 9.15. The first-order valence-corrected chi connectivity index (χ1v) is 21.0. The largest absolute Gasteiger partial charge is 0.543 e. The molecule has 0 aliphatic carbocycles. The smallest absolute Gasteiger partial charge is 0.296 e. The molecule has 0 atom stereocenters. The van der Waals surface area contributed by atoms with Gasteiger partial charge < -0.3 is 18.3 Å². The molecule has 40 heavy (non-hydrogen) atoms. The van der Waals surface area contributed by atoms with Gasteiger partial charge in [0.25, 0.3) is 10.1 Å². The van der Waals surface area contributed by atoms with Crippen LogP contribution in [0.1, 0.15) is 58.2 Å². The van der Waals surface area contributed by atoms with Crippen LogP contribution in [-0.4, -0.2) is 45.6 Å². The normalized spacial score (nSPS) is 13.4. The van der Waals surface area contributed by atoms with Crippen LogP contribution in [0.5, 0.6) is 11.5 Å². The van der Waals surface area contributed by atoms with Gasteiger partial charge >= 0.3 is 0 Å². The molecular weight excluding hydrogens is 561 g/mol. The molecule has 2 aromatic carbocycles. The van der Waals surface area contributed by atoms with Gasteiger partial charge in [-0.1, -0.05) is 59.2 Å². The number of hydrogen-bond donors (Lipinski definition) is 0.